The first kappa shape index (κ1) is 19.3. The molecule has 0 aliphatic heterocycles. The predicted molar refractivity (Wildman–Crippen MR) is 105 cm³/mol. The van der Waals surface area contributed by atoms with Crippen molar-refractivity contribution < 1.29 is 22.7 Å². The molecule has 0 spiro atoms. The fourth-order valence-electron chi connectivity index (χ4n) is 3.32. The lowest BCUT2D eigenvalue weighted by atomic mass is 9.89. The number of amides is 1. The number of para-hydroxylation sites is 2. The normalized spacial score (nSPS) is 14.1. The average Bonchev–Trinajstić information content (AvgIpc) is 3.30. The Morgan fingerprint density at radius 1 is 1.17 bits per heavy atom. The smallest absolute Gasteiger partial charge is 0.422 e. The van der Waals surface area contributed by atoms with Crippen LogP contribution in [0.4, 0.5) is 18.0 Å². The van der Waals surface area contributed by atoms with Crippen molar-refractivity contribution in [1.29, 1.82) is 0 Å². The van der Waals surface area contributed by atoms with E-state index in [1.54, 1.807) is 48.5 Å². The van der Waals surface area contributed by atoms with Gasteiger partial charge in [-0.2, -0.15) is 13.2 Å². The van der Waals surface area contributed by atoms with Crippen LogP contribution in [-0.2, 0) is 10.3 Å². The third kappa shape index (κ3) is 3.11. The molecule has 2 N–H and O–H groups in total. The van der Waals surface area contributed by atoms with Crippen molar-refractivity contribution in [3.63, 3.8) is 0 Å². The second kappa shape index (κ2) is 7.07. The quantitative estimate of drug-likeness (QED) is 0.470. The number of fused-ring (bicyclic) bond motifs is 2. The molecule has 0 aliphatic carbocycles. The Morgan fingerprint density at radius 2 is 1.90 bits per heavy atom. The lowest BCUT2D eigenvalue weighted by Gasteiger charge is -2.34. The number of ether oxygens (including phenoxy) is 1. The van der Waals surface area contributed by atoms with Crippen molar-refractivity contribution in [1.82, 2.24) is 15.3 Å². The van der Waals surface area contributed by atoms with Gasteiger partial charge in [0.1, 0.15) is 5.01 Å². The first-order valence-electron chi connectivity index (χ1n) is 8.81. The molecule has 1 unspecified atom stereocenters. The van der Waals surface area contributed by atoms with Gasteiger partial charge in [-0.25, -0.2) is 9.78 Å². The maximum Gasteiger partial charge on any atom is 0.422 e. The lowest BCUT2D eigenvalue weighted by molar-refractivity contribution is -0.185. The van der Waals surface area contributed by atoms with E-state index in [2.05, 4.69) is 15.3 Å². The highest BCUT2D eigenvalue weighted by molar-refractivity contribution is 7.18. The molecule has 150 valence electrons. The van der Waals surface area contributed by atoms with E-state index in [0.29, 0.717) is 21.1 Å². The number of H-pyrrole nitrogens is 1. The van der Waals surface area contributed by atoms with Gasteiger partial charge in [-0.05, 0) is 25.1 Å². The topological polar surface area (TPSA) is 67.0 Å². The van der Waals surface area contributed by atoms with Crippen LogP contribution >= 0.6 is 11.3 Å². The number of aromatic nitrogens is 2. The number of halogens is 3. The Bertz CT molecular complexity index is 1150. The van der Waals surface area contributed by atoms with Crippen LogP contribution in [0.15, 0.2) is 54.7 Å². The Morgan fingerprint density at radius 3 is 2.62 bits per heavy atom. The summed E-state index contributed by atoms with van der Waals surface area (Å²) in [5.74, 6) is 0. The molecule has 4 rings (SSSR count). The zero-order valence-corrected chi connectivity index (χ0v) is 16.0. The third-order valence-electron chi connectivity index (χ3n) is 4.60. The molecular weight excluding hydrogens is 403 g/mol. The summed E-state index contributed by atoms with van der Waals surface area (Å²) in [6.45, 7) is 1.46. The fourth-order valence-corrected chi connectivity index (χ4v) is 4.46. The van der Waals surface area contributed by atoms with E-state index in [1.807, 2.05) is 0 Å². The zero-order valence-electron chi connectivity index (χ0n) is 15.2. The summed E-state index contributed by atoms with van der Waals surface area (Å²) in [5, 5.41) is 2.13. The molecule has 0 saturated heterocycles. The second-order valence-electron chi connectivity index (χ2n) is 6.33. The number of hydrogen-bond donors (Lipinski definition) is 2. The Kier molecular flexibility index (Phi) is 4.70. The number of alkyl halides is 3. The third-order valence-corrected chi connectivity index (χ3v) is 5.75. The standard InChI is InChI=1S/C20H16F3N3O2S/c1-2-28-18(27)26-19(20(21,22)23,13-11-24-14-8-4-3-7-12(13)14)17-25-15-9-5-6-10-16(15)29-17/h3-11,24H,2H2,1H3,(H,26,27). The van der Waals surface area contributed by atoms with Gasteiger partial charge >= 0.3 is 12.3 Å². The van der Waals surface area contributed by atoms with Crippen LogP contribution in [0.25, 0.3) is 21.1 Å². The van der Waals surface area contributed by atoms with E-state index < -0.39 is 17.8 Å². The minimum Gasteiger partial charge on any atom is -0.450 e. The van der Waals surface area contributed by atoms with E-state index in [1.165, 1.54) is 13.1 Å². The van der Waals surface area contributed by atoms with Crippen LogP contribution in [0.3, 0.4) is 0 Å². The van der Waals surface area contributed by atoms with Gasteiger partial charge in [0.25, 0.3) is 0 Å². The molecule has 5 nitrogen and oxygen atoms in total. The number of carbonyl (C=O) groups excluding carboxylic acids is 1. The number of aromatic amines is 1. The van der Waals surface area contributed by atoms with Gasteiger partial charge in [-0.1, -0.05) is 30.3 Å². The number of rotatable bonds is 4. The number of nitrogens with zero attached hydrogens (tertiary/aromatic N) is 1. The largest absolute Gasteiger partial charge is 0.450 e. The van der Waals surface area contributed by atoms with Crippen LogP contribution in [0.5, 0.6) is 0 Å². The molecule has 0 saturated carbocycles. The summed E-state index contributed by atoms with van der Waals surface area (Å²) in [6, 6.07) is 13.4. The predicted octanol–water partition coefficient (Wildman–Crippen LogP) is 5.33. The minimum atomic E-state index is -4.89. The molecule has 4 aromatic rings. The molecule has 0 bridgehead atoms. The number of carbonyl (C=O) groups is 1. The molecule has 2 heterocycles. The van der Waals surface area contributed by atoms with Gasteiger partial charge < -0.3 is 9.72 Å². The van der Waals surface area contributed by atoms with Crippen molar-refractivity contribution >= 4 is 38.5 Å². The molecule has 1 atom stereocenters. The van der Waals surface area contributed by atoms with Crippen LogP contribution in [0.1, 0.15) is 17.5 Å². The summed E-state index contributed by atoms with van der Waals surface area (Å²) in [5.41, 5.74) is -2.08. The highest BCUT2D eigenvalue weighted by atomic mass is 32.1. The number of benzene rings is 2. The summed E-state index contributed by atoms with van der Waals surface area (Å²) in [6.07, 6.45) is -4.80. The molecule has 0 fully saturated rings. The molecule has 9 heteroatoms. The monoisotopic (exact) mass is 419 g/mol. The van der Waals surface area contributed by atoms with Crippen molar-refractivity contribution in [2.75, 3.05) is 6.61 Å². The second-order valence-corrected chi connectivity index (χ2v) is 7.36. The van der Waals surface area contributed by atoms with Crippen LogP contribution < -0.4 is 5.32 Å². The Balaban J connectivity index is 2.04. The van der Waals surface area contributed by atoms with Crippen molar-refractivity contribution in [2.24, 2.45) is 0 Å². The zero-order chi connectivity index (χ0) is 20.6. The molecule has 0 radical (unpaired) electrons. The van der Waals surface area contributed by atoms with Gasteiger partial charge in [0, 0.05) is 22.7 Å². The fraction of sp³-hybridized carbons (Fsp3) is 0.200. The van der Waals surface area contributed by atoms with Crippen molar-refractivity contribution in [3.8, 4) is 0 Å². The minimum absolute atomic E-state index is 0.0620. The Hall–Kier alpha value is -3.07. The number of nitrogens with one attached hydrogen (secondary N) is 2. The number of hydrogen-bond acceptors (Lipinski definition) is 4. The molecular formula is C20H16F3N3O2S. The van der Waals surface area contributed by atoms with Gasteiger partial charge in [0.05, 0.1) is 16.8 Å². The van der Waals surface area contributed by atoms with Crippen LogP contribution in [0, 0.1) is 0 Å². The van der Waals surface area contributed by atoms with Crippen molar-refractivity contribution in [3.05, 3.63) is 65.3 Å². The highest BCUT2D eigenvalue weighted by Gasteiger charge is 2.61. The summed E-state index contributed by atoms with van der Waals surface area (Å²) < 4.78 is 49.7. The molecule has 2 aromatic heterocycles. The molecule has 2 aromatic carbocycles. The SMILES string of the molecule is CCOC(=O)NC(c1nc2ccccc2s1)(c1c[nH]c2ccccc12)C(F)(F)F. The first-order chi connectivity index (χ1) is 13.9. The van der Waals surface area contributed by atoms with Gasteiger partial charge in [0.2, 0.25) is 5.54 Å². The van der Waals surface area contributed by atoms with Gasteiger partial charge in [-0.3, -0.25) is 5.32 Å². The van der Waals surface area contributed by atoms with E-state index in [-0.39, 0.29) is 17.2 Å². The molecule has 29 heavy (non-hydrogen) atoms. The number of thiazole rings is 1. The Labute approximate surface area is 167 Å². The van der Waals surface area contributed by atoms with E-state index in [9.17, 15) is 18.0 Å². The average molecular weight is 419 g/mol. The van der Waals surface area contributed by atoms with E-state index in [0.717, 1.165) is 11.3 Å². The van der Waals surface area contributed by atoms with E-state index in [4.69, 9.17) is 4.74 Å². The van der Waals surface area contributed by atoms with Crippen LogP contribution in [0.2, 0.25) is 0 Å². The highest BCUT2D eigenvalue weighted by Crippen LogP contribution is 2.48. The van der Waals surface area contributed by atoms with Crippen molar-refractivity contribution in [2.45, 2.75) is 18.6 Å². The van der Waals surface area contributed by atoms with E-state index >= 15 is 0 Å². The molecule has 0 aliphatic rings. The van der Waals surface area contributed by atoms with Gasteiger partial charge in [-0.15, -0.1) is 11.3 Å². The maximum absolute atomic E-state index is 14.8. The lowest BCUT2D eigenvalue weighted by Crippen LogP contribution is -2.57. The van der Waals surface area contributed by atoms with Crippen LogP contribution in [-0.4, -0.2) is 28.8 Å². The van der Waals surface area contributed by atoms with Gasteiger partial charge in [0.15, 0.2) is 0 Å². The summed E-state index contributed by atoms with van der Waals surface area (Å²) in [7, 11) is 0. The summed E-state index contributed by atoms with van der Waals surface area (Å²) >= 11 is 0.883. The summed E-state index contributed by atoms with van der Waals surface area (Å²) in [4.78, 5) is 19.4. The first-order valence-corrected chi connectivity index (χ1v) is 9.62. The maximum atomic E-state index is 14.8. The number of alkyl carbamates (subject to hydrolysis) is 1. The molecule has 1 amide bonds.